The Balaban J connectivity index is 1.60. The number of carbonyl (C=O) groups excluding carboxylic acids is 1. The fraction of sp³-hybridized carbons (Fsp3) is 0.588. The number of fused-ring (bicyclic) bond motifs is 2. The summed E-state index contributed by atoms with van der Waals surface area (Å²) in [5, 5.41) is 2.30. The Kier molecular flexibility index (Phi) is 5.07. The molecule has 2 aliphatic rings. The van der Waals surface area contributed by atoms with Crippen LogP contribution < -0.4 is 9.47 Å². The number of hydrogen-bond donors (Lipinski definition) is 0. The van der Waals surface area contributed by atoms with Gasteiger partial charge in [0.05, 0.1) is 0 Å². The average molecular weight is 368 g/mol. The second kappa shape index (κ2) is 7.03. The summed E-state index contributed by atoms with van der Waals surface area (Å²) in [6.07, 6.45) is 0.985. The molecule has 0 saturated carbocycles. The van der Waals surface area contributed by atoms with Crippen molar-refractivity contribution in [1.82, 2.24) is 4.90 Å². The normalized spacial score (nSPS) is 25.1. The standard InChI is InChI=1S/C17H23NO3Se/c1-20-15-4-3-12(7-16(15)21-2)5-6-18-8-13-10-22-11-14(9-18)17(13)19/h3-4,7,13-14H,5-6,8-11H2,1-2H3. The van der Waals surface area contributed by atoms with Crippen LogP contribution in [-0.4, -0.2) is 59.5 Å². The molecule has 2 unspecified atom stereocenters. The number of Topliss-reactive ketones (excluding diaryl/α,β-unsaturated/α-hetero) is 1. The van der Waals surface area contributed by atoms with Crippen molar-refractivity contribution in [1.29, 1.82) is 0 Å². The van der Waals surface area contributed by atoms with Gasteiger partial charge in [-0.15, -0.1) is 0 Å². The molecule has 4 nitrogen and oxygen atoms in total. The SMILES string of the molecule is COc1ccc(CCN2CC3C[Se]CC(C2)C3=O)cc1OC. The maximum atomic E-state index is 12.1. The molecule has 0 amide bonds. The van der Waals surface area contributed by atoms with Crippen molar-refractivity contribution in [2.75, 3.05) is 33.9 Å². The molecule has 22 heavy (non-hydrogen) atoms. The fourth-order valence-corrected chi connectivity index (χ4v) is 5.95. The van der Waals surface area contributed by atoms with Gasteiger partial charge >= 0.3 is 138 Å². The Bertz CT molecular complexity index is 533. The minimum absolute atomic E-state index is 0.318. The molecule has 3 rings (SSSR count). The minimum atomic E-state index is 0.318. The molecule has 2 atom stereocenters. The van der Waals surface area contributed by atoms with E-state index in [9.17, 15) is 4.79 Å². The number of ether oxygens (including phenoxy) is 2. The van der Waals surface area contributed by atoms with Crippen LogP contribution in [0.25, 0.3) is 0 Å². The predicted molar refractivity (Wildman–Crippen MR) is 87.0 cm³/mol. The second-order valence-electron chi connectivity index (χ2n) is 6.03. The van der Waals surface area contributed by atoms with Crippen LogP contribution in [0.1, 0.15) is 5.56 Å². The Morgan fingerprint density at radius 2 is 1.82 bits per heavy atom. The molecule has 0 N–H and O–H groups in total. The van der Waals surface area contributed by atoms with Crippen LogP contribution >= 0.6 is 0 Å². The first kappa shape index (κ1) is 15.8. The summed E-state index contributed by atoms with van der Waals surface area (Å²) in [5.41, 5.74) is 1.25. The molecular formula is C17H23NO3Se. The van der Waals surface area contributed by atoms with Crippen molar-refractivity contribution in [3.63, 3.8) is 0 Å². The van der Waals surface area contributed by atoms with Gasteiger partial charge in [0.1, 0.15) is 0 Å². The molecule has 120 valence electrons. The molecule has 2 heterocycles. The first-order chi connectivity index (χ1) is 10.7. The van der Waals surface area contributed by atoms with Gasteiger partial charge in [-0.3, -0.25) is 0 Å². The summed E-state index contributed by atoms with van der Waals surface area (Å²) in [6.45, 7) is 2.94. The molecule has 2 fully saturated rings. The van der Waals surface area contributed by atoms with E-state index in [0.29, 0.717) is 32.6 Å². The van der Waals surface area contributed by atoms with E-state index < -0.39 is 0 Å². The Morgan fingerprint density at radius 1 is 1.14 bits per heavy atom. The molecule has 0 spiro atoms. The number of rotatable bonds is 5. The molecule has 0 aliphatic carbocycles. The average Bonchev–Trinajstić information content (AvgIpc) is 2.53. The summed E-state index contributed by atoms with van der Waals surface area (Å²) in [4.78, 5) is 14.6. The van der Waals surface area contributed by atoms with Gasteiger partial charge < -0.3 is 0 Å². The third kappa shape index (κ3) is 3.32. The number of piperidine rings is 1. The summed E-state index contributed by atoms with van der Waals surface area (Å²) in [5.74, 6) is 2.73. The van der Waals surface area contributed by atoms with Gasteiger partial charge in [-0.2, -0.15) is 0 Å². The van der Waals surface area contributed by atoms with Gasteiger partial charge in [0.25, 0.3) is 0 Å². The van der Waals surface area contributed by atoms with Crippen LogP contribution in [-0.2, 0) is 11.2 Å². The number of hydrogen-bond acceptors (Lipinski definition) is 4. The zero-order chi connectivity index (χ0) is 15.5. The maximum absolute atomic E-state index is 12.1. The molecule has 0 radical (unpaired) electrons. The summed E-state index contributed by atoms with van der Waals surface area (Å²) in [7, 11) is 3.32. The van der Waals surface area contributed by atoms with Gasteiger partial charge in [0.15, 0.2) is 0 Å². The summed E-state index contributed by atoms with van der Waals surface area (Å²) < 4.78 is 10.6. The van der Waals surface area contributed by atoms with E-state index in [1.165, 1.54) is 5.56 Å². The molecule has 1 aromatic rings. The van der Waals surface area contributed by atoms with Gasteiger partial charge in [-0.1, -0.05) is 0 Å². The van der Waals surface area contributed by atoms with Crippen molar-refractivity contribution in [3.8, 4) is 11.5 Å². The van der Waals surface area contributed by atoms with Crippen molar-refractivity contribution in [2.24, 2.45) is 11.8 Å². The van der Waals surface area contributed by atoms with Crippen LogP contribution in [0.5, 0.6) is 11.5 Å². The van der Waals surface area contributed by atoms with Crippen LogP contribution in [0, 0.1) is 11.8 Å². The number of methoxy groups -OCH3 is 2. The van der Waals surface area contributed by atoms with Crippen molar-refractivity contribution in [3.05, 3.63) is 23.8 Å². The monoisotopic (exact) mass is 369 g/mol. The zero-order valence-corrected chi connectivity index (χ0v) is 14.9. The van der Waals surface area contributed by atoms with E-state index >= 15 is 0 Å². The molecule has 2 saturated heterocycles. The predicted octanol–water partition coefficient (Wildman–Crippen LogP) is 1.92. The van der Waals surface area contributed by atoms with E-state index in [1.807, 2.05) is 6.07 Å². The van der Waals surface area contributed by atoms with Gasteiger partial charge in [0.2, 0.25) is 0 Å². The van der Waals surface area contributed by atoms with Crippen LogP contribution in [0.3, 0.4) is 0 Å². The number of benzene rings is 1. The van der Waals surface area contributed by atoms with Gasteiger partial charge in [-0.25, -0.2) is 0 Å². The number of ketones is 1. The van der Waals surface area contributed by atoms with Crippen molar-refractivity contribution < 1.29 is 14.3 Å². The number of likely N-dealkylation sites (tertiary alicyclic amines) is 1. The van der Waals surface area contributed by atoms with Crippen molar-refractivity contribution >= 4 is 20.7 Å². The van der Waals surface area contributed by atoms with E-state index in [-0.39, 0.29) is 0 Å². The first-order valence-corrected chi connectivity index (χ1v) is 10.2. The molecule has 2 aliphatic heterocycles. The zero-order valence-electron chi connectivity index (χ0n) is 13.2. The molecule has 2 bridgehead atoms. The van der Waals surface area contributed by atoms with Crippen molar-refractivity contribution in [2.45, 2.75) is 17.1 Å². The van der Waals surface area contributed by atoms with E-state index in [1.54, 1.807) is 14.2 Å². The van der Waals surface area contributed by atoms with Crippen LogP contribution in [0.2, 0.25) is 10.6 Å². The summed E-state index contributed by atoms with van der Waals surface area (Å²) in [6, 6.07) is 6.11. The fourth-order valence-electron chi connectivity index (χ4n) is 3.34. The van der Waals surface area contributed by atoms with E-state index in [2.05, 4.69) is 17.0 Å². The molecule has 0 aromatic heterocycles. The molecule has 5 heteroatoms. The number of carbonyl (C=O) groups is 1. The molecular weight excluding hydrogens is 345 g/mol. The van der Waals surface area contributed by atoms with E-state index in [4.69, 9.17) is 9.47 Å². The molecule has 1 aromatic carbocycles. The second-order valence-corrected chi connectivity index (χ2v) is 8.29. The van der Waals surface area contributed by atoms with Gasteiger partial charge in [-0.05, 0) is 0 Å². The Hall–Kier alpha value is -1.03. The Morgan fingerprint density at radius 3 is 2.45 bits per heavy atom. The number of nitrogens with zero attached hydrogens (tertiary/aromatic N) is 1. The third-order valence-electron chi connectivity index (χ3n) is 4.56. The van der Waals surface area contributed by atoms with Crippen LogP contribution in [0.4, 0.5) is 0 Å². The van der Waals surface area contributed by atoms with Crippen LogP contribution in [0.15, 0.2) is 18.2 Å². The van der Waals surface area contributed by atoms with Gasteiger partial charge in [0, 0.05) is 0 Å². The topological polar surface area (TPSA) is 38.8 Å². The summed E-state index contributed by atoms with van der Waals surface area (Å²) >= 11 is 0.693. The quantitative estimate of drug-likeness (QED) is 0.745. The Labute approximate surface area is 138 Å². The third-order valence-corrected chi connectivity index (χ3v) is 7.24. The first-order valence-electron chi connectivity index (χ1n) is 7.76. The van der Waals surface area contributed by atoms with E-state index in [0.717, 1.165) is 48.2 Å².